The average molecular weight is 290 g/mol. The lowest BCUT2D eigenvalue weighted by Crippen LogP contribution is -2.40. The van der Waals surface area contributed by atoms with Crippen molar-refractivity contribution in [3.05, 3.63) is 21.3 Å². The van der Waals surface area contributed by atoms with Crippen LogP contribution >= 0.6 is 22.9 Å². The van der Waals surface area contributed by atoms with Crippen LogP contribution in [0.15, 0.2) is 12.1 Å². The van der Waals surface area contributed by atoms with E-state index in [2.05, 4.69) is 4.90 Å². The van der Waals surface area contributed by atoms with Crippen LogP contribution in [0.2, 0.25) is 4.34 Å². The molecule has 1 atom stereocenters. The van der Waals surface area contributed by atoms with Gasteiger partial charge in [0.2, 0.25) is 5.91 Å². The van der Waals surface area contributed by atoms with Gasteiger partial charge < -0.3 is 10.6 Å². The molecule has 102 valence electrons. The van der Waals surface area contributed by atoms with E-state index in [1.54, 1.807) is 19.0 Å². The number of hydrogen-bond acceptors (Lipinski definition) is 4. The first kappa shape index (κ1) is 15.4. The Hall–Kier alpha value is -0.620. The molecule has 0 aliphatic rings. The van der Waals surface area contributed by atoms with Crippen LogP contribution in [-0.2, 0) is 4.79 Å². The van der Waals surface area contributed by atoms with E-state index in [9.17, 15) is 4.79 Å². The minimum absolute atomic E-state index is 0.0522. The Balaban J connectivity index is 2.81. The van der Waals surface area contributed by atoms with Crippen LogP contribution < -0.4 is 5.73 Å². The molecule has 1 aromatic heterocycles. The van der Waals surface area contributed by atoms with Crippen LogP contribution in [0.25, 0.3) is 0 Å². The fraction of sp³-hybridized carbons (Fsp3) is 0.583. The molecular weight excluding hydrogens is 270 g/mol. The van der Waals surface area contributed by atoms with Crippen LogP contribution in [0.4, 0.5) is 0 Å². The molecule has 1 unspecified atom stereocenters. The lowest BCUT2D eigenvalue weighted by molar-refractivity contribution is -0.130. The molecule has 4 nitrogen and oxygen atoms in total. The summed E-state index contributed by atoms with van der Waals surface area (Å²) >= 11 is 7.47. The van der Waals surface area contributed by atoms with E-state index in [1.165, 1.54) is 11.3 Å². The normalized spacial score (nSPS) is 12.8. The van der Waals surface area contributed by atoms with Crippen molar-refractivity contribution in [3.8, 4) is 0 Å². The van der Waals surface area contributed by atoms with E-state index < -0.39 is 0 Å². The lowest BCUT2D eigenvalue weighted by atomic mass is 10.2. The van der Waals surface area contributed by atoms with Gasteiger partial charge >= 0.3 is 0 Å². The number of rotatable bonds is 6. The zero-order chi connectivity index (χ0) is 13.7. The van der Waals surface area contributed by atoms with Crippen molar-refractivity contribution in [2.75, 3.05) is 33.7 Å². The van der Waals surface area contributed by atoms with Crippen LogP contribution in [0.1, 0.15) is 17.8 Å². The molecule has 18 heavy (non-hydrogen) atoms. The number of hydrogen-bond donors (Lipinski definition) is 1. The number of nitrogens with two attached hydrogens (primary N) is 1. The molecule has 0 fully saturated rings. The highest BCUT2D eigenvalue weighted by Gasteiger charge is 2.22. The molecule has 0 spiro atoms. The van der Waals surface area contributed by atoms with Crippen LogP contribution in [0.5, 0.6) is 0 Å². The smallest absolute Gasteiger partial charge is 0.236 e. The van der Waals surface area contributed by atoms with Crippen molar-refractivity contribution < 1.29 is 4.79 Å². The molecule has 6 heteroatoms. The van der Waals surface area contributed by atoms with Gasteiger partial charge in [0.15, 0.2) is 0 Å². The Labute approximate surface area is 117 Å². The van der Waals surface area contributed by atoms with E-state index >= 15 is 0 Å². The van der Waals surface area contributed by atoms with Gasteiger partial charge in [0.25, 0.3) is 0 Å². The third kappa shape index (κ3) is 3.95. The Morgan fingerprint density at radius 1 is 1.50 bits per heavy atom. The van der Waals surface area contributed by atoms with E-state index in [0.29, 0.717) is 13.1 Å². The molecule has 2 N–H and O–H groups in total. The molecule has 1 rings (SSSR count). The van der Waals surface area contributed by atoms with Gasteiger partial charge in [0, 0.05) is 25.5 Å². The fourth-order valence-electron chi connectivity index (χ4n) is 1.71. The van der Waals surface area contributed by atoms with Crippen molar-refractivity contribution in [1.82, 2.24) is 9.80 Å². The van der Waals surface area contributed by atoms with E-state index in [-0.39, 0.29) is 11.9 Å². The maximum atomic E-state index is 11.8. The second kappa shape index (κ2) is 7.09. The highest BCUT2D eigenvalue weighted by atomic mass is 35.5. The monoisotopic (exact) mass is 289 g/mol. The van der Waals surface area contributed by atoms with Crippen molar-refractivity contribution in [2.45, 2.75) is 13.0 Å². The Morgan fingerprint density at radius 2 is 2.17 bits per heavy atom. The summed E-state index contributed by atoms with van der Waals surface area (Å²) in [5.41, 5.74) is 5.84. The second-order valence-corrected chi connectivity index (χ2v) is 5.99. The Bertz CT molecular complexity index is 394. The summed E-state index contributed by atoms with van der Waals surface area (Å²) in [7, 11) is 3.52. The highest BCUT2D eigenvalue weighted by molar-refractivity contribution is 7.16. The SMILES string of the molecule is CCN(CC(=O)N(C)C)C(CN)c1ccc(Cl)s1. The summed E-state index contributed by atoms with van der Waals surface area (Å²) in [5, 5.41) is 0. The predicted molar refractivity (Wildman–Crippen MR) is 77.1 cm³/mol. The first-order chi connectivity index (χ1) is 8.49. The van der Waals surface area contributed by atoms with Gasteiger partial charge in [-0.05, 0) is 18.7 Å². The van der Waals surface area contributed by atoms with Crippen molar-refractivity contribution >= 4 is 28.8 Å². The minimum atomic E-state index is 0.0522. The van der Waals surface area contributed by atoms with E-state index in [4.69, 9.17) is 17.3 Å². The van der Waals surface area contributed by atoms with Gasteiger partial charge in [-0.25, -0.2) is 0 Å². The Kier molecular flexibility index (Phi) is 6.08. The van der Waals surface area contributed by atoms with E-state index in [0.717, 1.165) is 15.8 Å². The quantitative estimate of drug-likeness (QED) is 0.869. The van der Waals surface area contributed by atoms with Gasteiger partial charge in [-0.15, -0.1) is 11.3 Å². The minimum Gasteiger partial charge on any atom is -0.348 e. The number of amides is 1. The summed E-state index contributed by atoms with van der Waals surface area (Å²) in [4.78, 5) is 16.6. The summed E-state index contributed by atoms with van der Waals surface area (Å²) in [6.45, 7) is 3.66. The number of halogens is 1. The third-order valence-corrected chi connectivity index (χ3v) is 4.16. The van der Waals surface area contributed by atoms with Crippen molar-refractivity contribution in [3.63, 3.8) is 0 Å². The Morgan fingerprint density at radius 3 is 2.56 bits per heavy atom. The summed E-state index contributed by atoms with van der Waals surface area (Å²) in [5.74, 6) is 0.0814. The van der Waals surface area contributed by atoms with Crippen LogP contribution in [-0.4, -0.2) is 49.4 Å². The molecule has 0 radical (unpaired) electrons. The fourth-order valence-corrected chi connectivity index (χ4v) is 2.92. The van der Waals surface area contributed by atoms with Gasteiger partial charge in [0.1, 0.15) is 0 Å². The highest BCUT2D eigenvalue weighted by Crippen LogP contribution is 2.29. The standard InChI is InChI=1S/C12H20ClN3OS/c1-4-16(8-12(17)15(2)3)9(7-14)10-5-6-11(13)18-10/h5-6,9H,4,7-8,14H2,1-3H3. The van der Waals surface area contributed by atoms with E-state index in [1.807, 2.05) is 19.1 Å². The van der Waals surface area contributed by atoms with Crippen LogP contribution in [0, 0.1) is 0 Å². The third-order valence-electron chi connectivity index (χ3n) is 2.83. The summed E-state index contributed by atoms with van der Waals surface area (Å²) in [6.07, 6.45) is 0. The van der Waals surface area contributed by atoms with Crippen molar-refractivity contribution in [2.24, 2.45) is 5.73 Å². The number of likely N-dealkylation sites (N-methyl/N-ethyl adjacent to an activating group) is 2. The van der Waals surface area contributed by atoms with Crippen molar-refractivity contribution in [1.29, 1.82) is 0 Å². The maximum Gasteiger partial charge on any atom is 0.236 e. The topological polar surface area (TPSA) is 49.6 Å². The van der Waals surface area contributed by atoms with Gasteiger partial charge in [-0.2, -0.15) is 0 Å². The molecule has 0 saturated carbocycles. The van der Waals surface area contributed by atoms with Gasteiger partial charge in [-0.1, -0.05) is 18.5 Å². The second-order valence-electron chi connectivity index (χ2n) is 4.24. The molecule has 0 aromatic carbocycles. The molecule has 1 amide bonds. The largest absolute Gasteiger partial charge is 0.348 e. The first-order valence-corrected chi connectivity index (χ1v) is 7.08. The summed E-state index contributed by atoms with van der Waals surface area (Å²) < 4.78 is 0.749. The molecule has 1 heterocycles. The number of thiophene rings is 1. The predicted octanol–water partition coefficient (Wildman–Crippen LogP) is 1.81. The summed E-state index contributed by atoms with van der Waals surface area (Å²) in [6, 6.07) is 3.90. The van der Waals surface area contributed by atoms with Gasteiger partial charge in [0.05, 0.1) is 16.9 Å². The number of carbonyl (C=O) groups is 1. The zero-order valence-corrected chi connectivity index (χ0v) is 12.6. The molecule has 1 aromatic rings. The number of carbonyl (C=O) groups excluding carboxylic acids is 1. The van der Waals surface area contributed by atoms with Crippen LogP contribution in [0.3, 0.4) is 0 Å². The molecule has 0 aliphatic heterocycles. The average Bonchev–Trinajstić information content (AvgIpc) is 2.75. The maximum absolute atomic E-state index is 11.8. The molecule has 0 aliphatic carbocycles. The zero-order valence-electron chi connectivity index (χ0n) is 11.0. The molecule has 0 bridgehead atoms. The molecular formula is C12H20ClN3OS. The molecule has 0 saturated heterocycles. The van der Waals surface area contributed by atoms with Gasteiger partial charge in [-0.3, -0.25) is 9.69 Å². The lowest BCUT2D eigenvalue weighted by Gasteiger charge is -2.29. The first-order valence-electron chi connectivity index (χ1n) is 5.89. The number of nitrogens with zero attached hydrogens (tertiary/aromatic N) is 2.